The molecule has 3 nitrogen and oxygen atoms in total. The van der Waals surface area contributed by atoms with Crippen molar-refractivity contribution < 1.29 is 31.4 Å². The van der Waals surface area contributed by atoms with E-state index >= 15 is 0 Å². The third-order valence-corrected chi connectivity index (χ3v) is 3.76. The summed E-state index contributed by atoms with van der Waals surface area (Å²) < 4.78 is 69.1. The normalized spacial score (nSPS) is 12.1. The predicted octanol–water partition coefficient (Wildman–Crippen LogP) is 2.59. The molecule has 0 aliphatic rings. The molecule has 0 unspecified atom stereocenters. The first-order chi connectivity index (χ1) is 12.5. The molecular weight excluding hydrogens is 368 g/mol. The molecule has 2 rings (SSSR count). The molecule has 0 aromatic heterocycles. The zero-order valence-corrected chi connectivity index (χ0v) is 14.6. The van der Waals surface area contributed by atoms with Crippen LogP contribution in [0.3, 0.4) is 0 Å². The average Bonchev–Trinajstić information content (AvgIpc) is 2.59. The monoisotopic (exact) mass is 385 g/mol. The van der Waals surface area contributed by atoms with E-state index in [1.54, 1.807) is 55.4 Å². The molecule has 9 heteroatoms. The van der Waals surface area contributed by atoms with Gasteiger partial charge in [-0.25, -0.2) is 4.79 Å². The van der Waals surface area contributed by atoms with Crippen LogP contribution in [0.2, 0.25) is 0 Å². The van der Waals surface area contributed by atoms with Gasteiger partial charge in [-0.3, -0.25) is 0 Å². The first-order valence-electron chi connectivity index (χ1n) is 7.97. The number of nitrogens with zero attached hydrogens (tertiary/aromatic N) is 1. The molecule has 0 fully saturated rings. The molecule has 0 bridgehead atoms. The van der Waals surface area contributed by atoms with E-state index < -0.39 is 25.0 Å². The highest BCUT2D eigenvalue weighted by Gasteiger charge is 2.65. The van der Waals surface area contributed by atoms with Gasteiger partial charge < -0.3 is 9.55 Å². The zero-order chi connectivity index (χ0) is 20.2. The van der Waals surface area contributed by atoms with Crippen molar-refractivity contribution in [2.75, 3.05) is 14.1 Å². The molecule has 0 atom stereocenters. The fraction of sp³-hybridized carbons (Fsp3) is 0.278. The minimum atomic E-state index is -6.03. The predicted molar refractivity (Wildman–Crippen MR) is 92.4 cm³/mol. The summed E-state index contributed by atoms with van der Waals surface area (Å²) in [5, 5.41) is 0. The van der Waals surface area contributed by atoms with E-state index in [0.29, 0.717) is 17.6 Å². The Hall–Kier alpha value is -2.42. The highest BCUT2D eigenvalue weighted by molar-refractivity contribution is 6.81. The Morgan fingerprint density at radius 2 is 1.52 bits per heavy atom. The van der Waals surface area contributed by atoms with E-state index in [2.05, 4.69) is 0 Å². The Morgan fingerprint density at radius 3 is 2.07 bits per heavy atom. The van der Waals surface area contributed by atoms with Crippen molar-refractivity contribution in [1.82, 2.24) is 4.90 Å². The van der Waals surface area contributed by atoms with Crippen molar-refractivity contribution in [2.45, 2.75) is 18.6 Å². The lowest BCUT2D eigenvalue weighted by molar-refractivity contribution is -0.276. The number of benzene rings is 2. The Labute approximate surface area is 153 Å². The Bertz CT molecular complexity index is 781. The van der Waals surface area contributed by atoms with Gasteiger partial charge in [0.05, 0.1) is 0 Å². The molecule has 0 spiro atoms. The van der Waals surface area contributed by atoms with E-state index in [-0.39, 0.29) is 5.46 Å². The summed E-state index contributed by atoms with van der Waals surface area (Å²) in [4.78, 5) is 13.5. The third kappa shape index (κ3) is 4.85. The van der Waals surface area contributed by atoms with Crippen LogP contribution in [0.5, 0.6) is 0 Å². The Morgan fingerprint density at radius 1 is 0.963 bits per heavy atom. The zero-order valence-electron chi connectivity index (χ0n) is 14.6. The van der Waals surface area contributed by atoms with Crippen LogP contribution >= 0.6 is 0 Å². The standard InChI is InChI=1S/C18H17BF5NO2/c1-25(2)12-13-8-6-7-11-15(13)19(14-9-4-3-5-10-14)27-16(26)17(20,21)18(22,23)24/h3-11H,12H2,1-2H3. The summed E-state index contributed by atoms with van der Waals surface area (Å²) in [7, 11) is 3.55. The molecule has 0 saturated heterocycles. The molecule has 0 heterocycles. The van der Waals surface area contributed by atoms with Crippen LogP contribution in [-0.2, 0) is 16.0 Å². The van der Waals surface area contributed by atoms with Gasteiger partial charge in [0.15, 0.2) is 0 Å². The van der Waals surface area contributed by atoms with Crippen LogP contribution in [0, 0.1) is 0 Å². The van der Waals surface area contributed by atoms with Crippen LogP contribution in [0.15, 0.2) is 54.6 Å². The number of carbonyl (C=O) groups is 1. The summed E-state index contributed by atoms with van der Waals surface area (Å²) in [6.45, 7) is -1.02. The lowest BCUT2D eigenvalue weighted by Crippen LogP contribution is -2.54. The second-order valence-electron chi connectivity index (χ2n) is 6.20. The Balaban J connectivity index is 2.48. The summed E-state index contributed by atoms with van der Waals surface area (Å²) in [6, 6.07) is 14.3. The fourth-order valence-electron chi connectivity index (χ4n) is 2.51. The highest BCUT2D eigenvalue weighted by Crippen LogP contribution is 2.36. The topological polar surface area (TPSA) is 29.5 Å². The second kappa shape index (κ2) is 8.08. The lowest BCUT2D eigenvalue weighted by Gasteiger charge is -2.23. The average molecular weight is 385 g/mol. The van der Waals surface area contributed by atoms with Gasteiger partial charge in [0.1, 0.15) is 0 Å². The lowest BCUT2D eigenvalue weighted by atomic mass is 9.54. The third-order valence-electron chi connectivity index (χ3n) is 3.76. The second-order valence-corrected chi connectivity index (χ2v) is 6.20. The van der Waals surface area contributed by atoms with Crippen molar-refractivity contribution in [3.63, 3.8) is 0 Å². The van der Waals surface area contributed by atoms with Gasteiger partial charge in [0.2, 0.25) is 0 Å². The number of halogens is 5. The summed E-state index contributed by atoms with van der Waals surface area (Å²) in [5.41, 5.74) is 1.26. The van der Waals surface area contributed by atoms with Gasteiger partial charge in [-0.1, -0.05) is 54.6 Å². The fourth-order valence-corrected chi connectivity index (χ4v) is 2.51. The minimum Gasteiger partial charge on any atom is -0.521 e. The van der Waals surface area contributed by atoms with Gasteiger partial charge >= 0.3 is 25.0 Å². The molecule has 2 aromatic carbocycles. The van der Waals surface area contributed by atoms with Gasteiger partial charge in [-0.2, -0.15) is 22.0 Å². The number of alkyl halides is 5. The number of hydrogen-bond donors (Lipinski definition) is 0. The molecule has 0 saturated carbocycles. The van der Waals surface area contributed by atoms with Crippen molar-refractivity contribution in [3.05, 3.63) is 60.2 Å². The van der Waals surface area contributed by atoms with Crippen LogP contribution < -0.4 is 10.9 Å². The van der Waals surface area contributed by atoms with Gasteiger partial charge in [0, 0.05) is 6.54 Å². The molecule has 0 aliphatic heterocycles. The van der Waals surface area contributed by atoms with Gasteiger partial charge in [0.25, 0.3) is 0 Å². The van der Waals surface area contributed by atoms with E-state index in [1.807, 2.05) is 0 Å². The first kappa shape index (κ1) is 20.9. The molecule has 0 radical (unpaired) electrons. The summed E-state index contributed by atoms with van der Waals surface area (Å²) in [5.74, 6) is -8.24. The van der Waals surface area contributed by atoms with Crippen LogP contribution in [0.1, 0.15) is 5.56 Å². The van der Waals surface area contributed by atoms with E-state index in [9.17, 15) is 26.7 Å². The molecule has 2 aromatic rings. The highest BCUT2D eigenvalue weighted by atomic mass is 19.4. The maximum atomic E-state index is 13.4. The van der Waals surface area contributed by atoms with Crippen molar-refractivity contribution in [3.8, 4) is 0 Å². The SMILES string of the molecule is CN(C)Cc1ccccc1B(OC(=O)C(F)(F)C(F)(F)F)c1ccccc1. The minimum absolute atomic E-state index is 0.287. The Kier molecular flexibility index (Phi) is 6.25. The van der Waals surface area contributed by atoms with Gasteiger partial charge in [-0.05, 0) is 30.6 Å². The summed E-state index contributed by atoms with van der Waals surface area (Å²) >= 11 is 0. The maximum Gasteiger partial charge on any atom is 0.465 e. The first-order valence-corrected chi connectivity index (χ1v) is 7.97. The smallest absolute Gasteiger partial charge is 0.465 e. The summed E-state index contributed by atoms with van der Waals surface area (Å²) in [6.07, 6.45) is -6.03. The molecule has 0 N–H and O–H groups in total. The van der Waals surface area contributed by atoms with Gasteiger partial charge in [-0.15, -0.1) is 0 Å². The van der Waals surface area contributed by atoms with Crippen molar-refractivity contribution >= 4 is 23.8 Å². The number of rotatable bonds is 6. The number of hydrogen-bond acceptors (Lipinski definition) is 3. The van der Waals surface area contributed by atoms with Crippen molar-refractivity contribution in [2.24, 2.45) is 0 Å². The quantitative estimate of drug-likeness (QED) is 0.566. The molecule has 0 amide bonds. The van der Waals surface area contributed by atoms with Crippen LogP contribution in [0.25, 0.3) is 0 Å². The van der Waals surface area contributed by atoms with E-state index in [0.717, 1.165) is 0 Å². The molecule has 144 valence electrons. The van der Waals surface area contributed by atoms with E-state index in [4.69, 9.17) is 4.65 Å². The molecule has 0 aliphatic carbocycles. The van der Waals surface area contributed by atoms with Crippen LogP contribution in [-0.4, -0.2) is 44.0 Å². The molecular formula is C18H17BF5NO2. The van der Waals surface area contributed by atoms with Crippen molar-refractivity contribution in [1.29, 1.82) is 0 Å². The molecule has 27 heavy (non-hydrogen) atoms. The van der Waals surface area contributed by atoms with E-state index in [1.165, 1.54) is 18.2 Å². The number of carbonyl (C=O) groups excluding carboxylic acids is 1. The largest absolute Gasteiger partial charge is 0.521 e. The van der Waals surface area contributed by atoms with Crippen LogP contribution in [0.4, 0.5) is 22.0 Å². The maximum absolute atomic E-state index is 13.4.